The van der Waals surface area contributed by atoms with Gasteiger partial charge in [0.1, 0.15) is 0 Å². The lowest BCUT2D eigenvalue weighted by Gasteiger charge is -2.27. The fourth-order valence-electron chi connectivity index (χ4n) is 3.08. The van der Waals surface area contributed by atoms with Crippen molar-refractivity contribution in [2.75, 3.05) is 37.1 Å². The van der Waals surface area contributed by atoms with E-state index in [2.05, 4.69) is 5.32 Å². The summed E-state index contributed by atoms with van der Waals surface area (Å²) in [6.45, 7) is 4.41. The van der Waals surface area contributed by atoms with Crippen LogP contribution in [0.2, 0.25) is 0 Å². The van der Waals surface area contributed by atoms with Gasteiger partial charge in [0.05, 0.1) is 18.1 Å². The Balaban J connectivity index is 2.16. The minimum atomic E-state index is -3.17. The van der Waals surface area contributed by atoms with Gasteiger partial charge in [-0.1, -0.05) is 32.0 Å². The highest BCUT2D eigenvalue weighted by Crippen LogP contribution is 2.24. The van der Waals surface area contributed by atoms with Gasteiger partial charge in [-0.2, -0.15) is 0 Å². The SMILES string of the molecule is COCCN(C(=O)C(=O)Nc1ccccc1C(C)C)C1CCS(=O)(=O)C1. The van der Waals surface area contributed by atoms with Gasteiger partial charge in [-0.25, -0.2) is 8.42 Å². The molecule has 1 aromatic carbocycles. The van der Waals surface area contributed by atoms with Crippen LogP contribution in [0.15, 0.2) is 24.3 Å². The normalized spacial score (nSPS) is 18.7. The second kappa shape index (κ2) is 8.64. The first-order valence-corrected chi connectivity index (χ1v) is 10.5. The van der Waals surface area contributed by atoms with Crippen LogP contribution in [0, 0.1) is 0 Å². The van der Waals surface area contributed by atoms with Crippen LogP contribution in [0.4, 0.5) is 5.69 Å². The first-order chi connectivity index (χ1) is 12.2. The quantitative estimate of drug-likeness (QED) is 0.751. The van der Waals surface area contributed by atoms with E-state index in [-0.39, 0.29) is 30.6 Å². The molecule has 1 aliphatic heterocycles. The van der Waals surface area contributed by atoms with Gasteiger partial charge in [0.2, 0.25) is 0 Å². The van der Waals surface area contributed by atoms with Crippen molar-refractivity contribution >= 4 is 27.3 Å². The molecule has 8 heteroatoms. The molecular weight excluding hydrogens is 356 g/mol. The Morgan fingerprint density at radius 3 is 2.58 bits per heavy atom. The number of ether oxygens (including phenoxy) is 1. The topological polar surface area (TPSA) is 92.8 Å². The van der Waals surface area contributed by atoms with Crippen LogP contribution in [0.25, 0.3) is 0 Å². The molecule has 26 heavy (non-hydrogen) atoms. The summed E-state index contributed by atoms with van der Waals surface area (Å²) in [5.41, 5.74) is 1.52. The molecule has 0 saturated carbocycles. The molecule has 1 heterocycles. The smallest absolute Gasteiger partial charge is 0.313 e. The van der Waals surface area contributed by atoms with Gasteiger partial charge in [-0.15, -0.1) is 0 Å². The van der Waals surface area contributed by atoms with E-state index in [1.807, 2.05) is 26.0 Å². The Kier molecular flexibility index (Phi) is 6.77. The number of anilines is 1. The third kappa shape index (κ3) is 5.04. The van der Waals surface area contributed by atoms with Gasteiger partial charge >= 0.3 is 11.8 Å². The molecular formula is C18H26N2O5S. The summed E-state index contributed by atoms with van der Waals surface area (Å²) in [7, 11) is -1.67. The number of benzene rings is 1. The van der Waals surface area contributed by atoms with Crippen LogP contribution < -0.4 is 5.32 Å². The number of carbonyl (C=O) groups excluding carboxylic acids is 2. The lowest BCUT2D eigenvalue weighted by molar-refractivity contribution is -0.144. The largest absolute Gasteiger partial charge is 0.383 e. The molecule has 2 rings (SSSR count). The maximum Gasteiger partial charge on any atom is 0.313 e. The maximum atomic E-state index is 12.7. The van der Waals surface area contributed by atoms with Gasteiger partial charge in [0.15, 0.2) is 9.84 Å². The molecule has 144 valence electrons. The number of rotatable bonds is 6. The van der Waals surface area contributed by atoms with Crippen LogP contribution in [-0.4, -0.2) is 62.9 Å². The molecule has 1 saturated heterocycles. The standard InChI is InChI=1S/C18H26N2O5S/c1-13(2)15-6-4-5-7-16(15)19-17(21)18(22)20(9-10-25-3)14-8-11-26(23,24)12-14/h4-7,13-14H,8-12H2,1-3H3,(H,19,21). The Bertz CT molecular complexity index is 761. The zero-order chi connectivity index (χ0) is 19.3. The van der Waals surface area contributed by atoms with Crippen molar-refractivity contribution in [1.29, 1.82) is 0 Å². The van der Waals surface area contributed by atoms with Gasteiger partial charge in [0.25, 0.3) is 0 Å². The highest BCUT2D eigenvalue weighted by Gasteiger charge is 2.36. The van der Waals surface area contributed by atoms with Crippen molar-refractivity contribution in [1.82, 2.24) is 4.90 Å². The van der Waals surface area contributed by atoms with Crippen LogP contribution in [0.1, 0.15) is 31.7 Å². The fourth-order valence-corrected chi connectivity index (χ4v) is 4.81. The molecule has 1 N–H and O–H groups in total. The molecule has 1 fully saturated rings. The number of methoxy groups -OCH3 is 1. The molecule has 1 aromatic rings. The monoisotopic (exact) mass is 382 g/mol. The molecule has 0 aliphatic carbocycles. The van der Waals surface area contributed by atoms with Crippen LogP contribution in [0.3, 0.4) is 0 Å². The number of hydrogen-bond acceptors (Lipinski definition) is 5. The predicted molar refractivity (Wildman–Crippen MR) is 99.8 cm³/mol. The van der Waals surface area contributed by atoms with E-state index >= 15 is 0 Å². The van der Waals surface area contributed by atoms with E-state index < -0.39 is 27.7 Å². The summed E-state index contributed by atoms with van der Waals surface area (Å²) >= 11 is 0. The number of para-hydroxylation sites is 1. The van der Waals surface area contributed by atoms with E-state index in [4.69, 9.17) is 4.74 Å². The molecule has 0 spiro atoms. The summed E-state index contributed by atoms with van der Waals surface area (Å²) in [5.74, 6) is -1.39. The number of amides is 2. The molecule has 7 nitrogen and oxygen atoms in total. The summed E-state index contributed by atoms with van der Waals surface area (Å²) in [4.78, 5) is 26.5. The van der Waals surface area contributed by atoms with E-state index in [1.165, 1.54) is 12.0 Å². The summed E-state index contributed by atoms with van der Waals surface area (Å²) in [6.07, 6.45) is 0.341. The number of hydrogen-bond donors (Lipinski definition) is 1. The minimum absolute atomic E-state index is 0.0340. The summed E-state index contributed by atoms with van der Waals surface area (Å²) < 4.78 is 28.5. The zero-order valence-electron chi connectivity index (χ0n) is 15.4. The third-order valence-corrected chi connectivity index (χ3v) is 6.22. The van der Waals surface area contributed by atoms with E-state index in [1.54, 1.807) is 12.1 Å². The average molecular weight is 382 g/mol. The zero-order valence-corrected chi connectivity index (χ0v) is 16.2. The first kappa shape index (κ1) is 20.4. The van der Waals surface area contributed by atoms with E-state index in [9.17, 15) is 18.0 Å². The Morgan fingerprint density at radius 2 is 2.00 bits per heavy atom. The summed E-state index contributed by atoms with van der Waals surface area (Å²) in [6, 6.07) is 6.82. The predicted octanol–water partition coefficient (Wildman–Crippen LogP) is 1.41. The van der Waals surface area contributed by atoms with Gasteiger partial charge in [0, 0.05) is 25.4 Å². The van der Waals surface area contributed by atoms with Crippen molar-refractivity contribution < 1.29 is 22.7 Å². The third-order valence-electron chi connectivity index (χ3n) is 4.47. The molecule has 1 unspecified atom stereocenters. The van der Waals surface area contributed by atoms with E-state index in [0.29, 0.717) is 12.1 Å². The molecule has 1 atom stereocenters. The van der Waals surface area contributed by atoms with Crippen LogP contribution >= 0.6 is 0 Å². The highest BCUT2D eigenvalue weighted by molar-refractivity contribution is 7.91. The van der Waals surface area contributed by atoms with Crippen molar-refractivity contribution in [3.8, 4) is 0 Å². The fraction of sp³-hybridized carbons (Fsp3) is 0.556. The Morgan fingerprint density at radius 1 is 1.31 bits per heavy atom. The Labute approximate surface area is 154 Å². The van der Waals surface area contributed by atoms with Crippen molar-refractivity contribution in [3.63, 3.8) is 0 Å². The van der Waals surface area contributed by atoms with Crippen LogP contribution in [0.5, 0.6) is 0 Å². The lowest BCUT2D eigenvalue weighted by atomic mass is 10.0. The molecule has 0 aromatic heterocycles. The second-order valence-corrected chi connectivity index (χ2v) is 8.97. The van der Waals surface area contributed by atoms with Crippen molar-refractivity contribution in [3.05, 3.63) is 29.8 Å². The van der Waals surface area contributed by atoms with Gasteiger partial charge in [-0.3, -0.25) is 9.59 Å². The number of carbonyl (C=O) groups is 2. The molecule has 0 bridgehead atoms. The number of nitrogens with zero attached hydrogens (tertiary/aromatic N) is 1. The maximum absolute atomic E-state index is 12.7. The number of sulfone groups is 1. The summed E-state index contributed by atoms with van der Waals surface area (Å²) in [5, 5.41) is 2.67. The van der Waals surface area contributed by atoms with Crippen molar-refractivity contribution in [2.24, 2.45) is 0 Å². The highest BCUT2D eigenvalue weighted by atomic mass is 32.2. The van der Waals surface area contributed by atoms with Crippen molar-refractivity contribution in [2.45, 2.75) is 32.2 Å². The molecule has 0 radical (unpaired) electrons. The minimum Gasteiger partial charge on any atom is -0.383 e. The first-order valence-electron chi connectivity index (χ1n) is 8.65. The van der Waals surface area contributed by atoms with E-state index in [0.717, 1.165) is 5.56 Å². The molecule has 2 amide bonds. The molecule has 1 aliphatic rings. The van der Waals surface area contributed by atoms with Gasteiger partial charge < -0.3 is 15.0 Å². The van der Waals surface area contributed by atoms with Gasteiger partial charge in [-0.05, 0) is 24.0 Å². The number of nitrogens with one attached hydrogen (secondary N) is 1. The lowest BCUT2D eigenvalue weighted by Crippen LogP contribution is -2.48. The van der Waals surface area contributed by atoms with Crippen LogP contribution in [-0.2, 0) is 24.2 Å². The average Bonchev–Trinajstić information content (AvgIpc) is 2.95. The second-order valence-electron chi connectivity index (χ2n) is 6.74. The Hall–Kier alpha value is -1.93.